The number of aromatic nitrogens is 3. The lowest BCUT2D eigenvalue weighted by Crippen LogP contribution is -2.29. The molecule has 6 nitrogen and oxygen atoms in total. The Bertz CT molecular complexity index is 993. The van der Waals surface area contributed by atoms with E-state index in [0.717, 1.165) is 63.0 Å². The fourth-order valence-corrected chi connectivity index (χ4v) is 5.61. The fourth-order valence-electron chi connectivity index (χ4n) is 5.61. The van der Waals surface area contributed by atoms with Gasteiger partial charge in [-0.1, -0.05) is 38.5 Å². The maximum Gasteiger partial charge on any atom is 0.272 e. The third kappa shape index (κ3) is 5.43. The molecule has 2 fully saturated rings. The zero-order valence-corrected chi connectivity index (χ0v) is 20.7. The van der Waals surface area contributed by atoms with Gasteiger partial charge in [0, 0.05) is 17.3 Å². The van der Waals surface area contributed by atoms with Crippen LogP contribution in [0.25, 0.3) is 11.1 Å². The maximum absolute atomic E-state index is 14.9. The molecular formula is C25H34ClF2N5O. The van der Waals surface area contributed by atoms with Gasteiger partial charge in [0.15, 0.2) is 0 Å². The highest BCUT2D eigenvalue weighted by Crippen LogP contribution is 2.40. The lowest BCUT2D eigenvalue weighted by molar-refractivity contribution is -0.113. The van der Waals surface area contributed by atoms with E-state index in [2.05, 4.69) is 20.5 Å². The van der Waals surface area contributed by atoms with Crippen molar-refractivity contribution >= 4 is 24.1 Å². The lowest BCUT2D eigenvalue weighted by Gasteiger charge is -2.33. The molecule has 9 heteroatoms. The molecule has 2 aromatic rings. The van der Waals surface area contributed by atoms with Gasteiger partial charge in [0.1, 0.15) is 11.6 Å². The van der Waals surface area contributed by atoms with Crippen molar-refractivity contribution < 1.29 is 13.6 Å². The van der Waals surface area contributed by atoms with Gasteiger partial charge in [-0.2, -0.15) is 9.49 Å². The second-order valence-electron chi connectivity index (χ2n) is 9.46. The molecule has 186 valence electrons. The number of nitrogens with zero attached hydrogens (tertiary/aromatic N) is 2. The van der Waals surface area contributed by atoms with Gasteiger partial charge >= 0.3 is 0 Å². The molecule has 0 bridgehead atoms. The predicted molar refractivity (Wildman–Crippen MR) is 131 cm³/mol. The Hall–Kier alpha value is -2.48. The van der Waals surface area contributed by atoms with Gasteiger partial charge in [-0.25, -0.2) is 9.37 Å². The van der Waals surface area contributed by atoms with Crippen molar-refractivity contribution in [2.75, 3.05) is 5.32 Å². The monoisotopic (exact) mass is 493 g/mol. The molecule has 0 aliphatic heterocycles. The van der Waals surface area contributed by atoms with E-state index >= 15 is 0 Å². The summed E-state index contributed by atoms with van der Waals surface area (Å²) < 4.78 is 29.7. The van der Waals surface area contributed by atoms with Crippen LogP contribution in [0, 0.1) is 37.4 Å². The molecule has 4 N–H and O–H groups in total. The summed E-state index contributed by atoms with van der Waals surface area (Å²) in [6, 6.07) is 1.04. The second-order valence-corrected chi connectivity index (χ2v) is 9.46. The predicted octanol–water partition coefficient (Wildman–Crippen LogP) is 6.10. The first kappa shape index (κ1) is 26.1. The summed E-state index contributed by atoms with van der Waals surface area (Å²) in [5.41, 5.74) is 8.78. The van der Waals surface area contributed by atoms with E-state index in [0.29, 0.717) is 28.8 Å². The Balaban J connectivity index is 0.00000324. The number of carbonyl (C=O) groups excluding carboxylic acids is 1. The Kier molecular flexibility index (Phi) is 8.68. The molecule has 1 amide bonds. The highest BCUT2D eigenvalue weighted by Gasteiger charge is 2.30. The van der Waals surface area contributed by atoms with Crippen molar-refractivity contribution in [2.24, 2.45) is 17.6 Å². The summed E-state index contributed by atoms with van der Waals surface area (Å²) in [5, 5.41) is 9.27. The Labute approximate surface area is 205 Å². The molecule has 2 heterocycles. The number of anilines is 1. The number of rotatable bonds is 5. The summed E-state index contributed by atoms with van der Waals surface area (Å²) in [4.78, 5) is 16.9. The summed E-state index contributed by atoms with van der Waals surface area (Å²) in [7, 11) is 0. The number of nitrogens with one attached hydrogen (secondary N) is 2. The van der Waals surface area contributed by atoms with E-state index in [9.17, 15) is 13.6 Å². The average molecular weight is 494 g/mol. The molecule has 0 aromatic carbocycles. The minimum atomic E-state index is -1.000. The molecule has 0 saturated heterocycles. The maximum atomic E-state index is 14.9. The SMILES string of the molecule is Cc1n[nH]c(C)c1-c1c(F)cc(NC(=O)C(N)=C(C2CCCCC2)C2CCCCC2)nc1F.Cl. The Morgan fingerprint density at radius 3 is 2.03 bits per heavy atom. The zero-order chi connectivity index (χ0) is 23.5. The lowest BCUT2D eigenvalue weighted by atomic mass is 9.73. The van der Waals surface area contributed by atoms with Crippen LogP contribution in [0.2, 0.25) is 0 Å². The molecule has 0 radical (unpaired) electrons. The van der Waals surface area contributed by atoms with Crippen LogP contribution in [0.5, 0.6) is 0 Å². The number of pyridine rings is 1. The van der Waals surface area contributed by atoms with Crippen LogP contribution in [-0.2, 0) is 4.79 Å². The number of H-pyrrole nitrogens is 1. The van der Waals surface area contributed by atoms with Crippen molar-refractivity contribution in [1.82, 2.24) is 15.2 Å². The summed E-state index contributed by atoms with van der Waals surface area (Å²) in [5.74, 6) is -1.91. The van der Waals surface area contributed by atoms with E-state index in [4.69, 9.17) is 5.73 Å². The summed E-state index contributed by atoms with van der Waals surface area (Å²) in [6.45, 7) is 3.35. The topological polar surface area (TPSA) is 96.7 Å². The van der Waals surface area contributed by atoms with Crippen LogP contribution in [0.15, 0.2) is 17.3 Å². The van der Waals surface area contributed by atoms with E-state index in [1.54, 1.807) is 13.8 Å². The number of hydrogen-bond donors (Lipinski definition) is 3. The van der Waals surface area contributed by atoms with Crippen molar-refractivity contribution in [1.29, 1.82) is 0 Å². The molecule has 2 aliphatic carbocycles. The number of carbonyl (C=O) groups is 1. The van der Waals surface area contributed by atoms with Gasteiger partial charge in [0.2, 0.25) is 5.95 Å². The fraction of sp³-hybridized carbons (Fsp3) is 0.560. The number of allylic oxidation sites excluding steroid dienone is 1. The van der Waals surface area contributed by atoms with Gasteiger partial charge in [-0.15, -0.1) is 12.4 Å². The van der Waals surface area contributed by atoms with Crippen molar-refractivity contribution in [2.45, 2.75) is 78.1 Å². The standard InChI is InChI=1S/C25H33F2N5O.ClH/c1-14-20(15(2)32-31-14)22-18(26)13-19(29-24(22)27)30-25(33)23(28)21(16-9-5-3-6-10-16)17-11-7-4-8-12-17;/h13,16-17H,3-12,28H2,1-2H3,(H,31,32)(H,29,30,33);1H. The van der Waals surface area contributed by atoms with Crippen LogP contribution in [0.3, 0.4) is 0 Å². The largest absolute Gasteiger partial charge is 0.394 e. The molecular weight excluding hydrogens is 460 g/mol. The van der Waals surface area contributed by atoms with E-state index in [1.165, 1.54) is 12.8 Å². The normalized spacial score (nSPS) is 17.2. The highest BCUT2D eigenvalue weighted by atomic mass is 35.5. The number of halogens is 3. The van der Waals surface area contributed by atoms with Crippen molar-refractivity contribution in [3.8, 4) is 11.1 Å². The van der Waals surface area contributed by atoms with Crippen LogP contribution in [-0.4, -0.2) is 21.1 Å². The smallest absolute Gasteiger partial charge is 0.272 e. The van der Waals surface area contributed by atoms with Crippen molar-refractivity contribution in [3.05, 3.63) is 40.5 Å². The number of aryl methyl sites for hydroxylation is 2. The zero-order valence-electron chi connectivity index (χ0n) is 19.8. The minimum absolute atomic E-state index is 0. The highest BCUT2D eigenvalue weighted by molar-refractivity contribution is 6.03. The van der Waals surface area contributed by atoms with Gasteiger partial charge in [-0.05, 0) is 56.9 Å². The van der Waals surface area contributed by atoms with Crippen LogP contribution in [0.4, 0.5) is 14.6 Å². The van der Waals surface area contributed by atoms with Gasteiger partial charge in [0.05, 0.1) is 17.0 Å². The number of amides is 1. The first-order valence-electron chi connectivity index (χ1n) is 12.1. The van der Waals surface area contributed by atoms with Gasteiger partial charge in [0.25, 0.3) is 5.91 Å². The number of nitrogens with two attached hydrogens (primary N) is 1. The van der Waals surface area contributed by atoms with Gasteiger partial charge in [-0.3, -0.25) is 9.89 Å². The first-order valence-corrected chi connectivity index (χ1v) is 12.1. The van der Waals surface area contributed by atoms with Gasteiger partial charge < -0.3 is 11.1 Å². The molecule has 34 heavy (non-hydrogen) atoms. The summed E-state index contributed by atoms with van der Waals surface area (Å²) >= 11 is 0. The molecule has 0 atom stereocenters. The molecule has 4 rings (SSSR count). The molecule has 2 saturated carbocycles. The van der Waals surface area contributed by atoms with Crippen molar-refractivity contribution in [3.63, 3.8) is 0 Å². The van der Waals surface area contributed by atoms with Crippen LogP contribution >= 0.6 is 12.4 Å². The molecule has 2 aromatic heterocycles. The quantitative estimate of drug-likeness (QED) is 0.346. The average Bonchev–Trinajstić information content (AvgIpc) is 3.13. The van der Waals surface area contributed by atoms with E-state index < -0.39 is 17.7 Å². The number of hydrogen-bond acceptors (Lipinski definition) is 4. The van der Waals surface area contributed by atoms with Crippen LogP contribution < -0.4 is 11.1 Å². The van der Waals surface area contributed by atoms with Crippen LogP contribution in [0.1, 0.15) is 75.6 Å². The third-order valence-electron chi connectivity index (χ3n) is 7.19. The Morgan fingerprint density at radius 2 is 1.56 bits per heavy atom. The third-order valence-corrected chi connectivity index (χ3v) is 7.19. The molecule has 0 unspecified atom stereocenters. The second kappa shape index (κ2) is 11.3. The minimum Gasteiger partial charge on any atom is -0.394 e. The first-order chi connectivity index (χ1) is 15.9. The molecule has 0 spiro atoms. The van der Waals surface area contributed by atoms with E-state index in [-0.39, 0.29) is 29.5 Å². The van der Waals surface area contributed by atoms with E-state index in [1.807, 2.05) is 0 Å². The molecule has 2 aliphatic rings. The number of aromatic amines is 1. The summed E-state index contributed by atoms with van der Waals surface area (Å²) in [6.07, 6.45) is 11.2. The Morgan fingerprint density at radius 1 is 1.00 bits per heavy atom.